The van der Waals surface area contributed by atoms with Gasteiger partial charge in [0.05, 0.1) is 7.11 Å². The summed E-state index contributed by atoms with van der Waals surface area (Å²) in [6, 6.07) is 7.48. The van der Waals surface area contributed by atoms with Crippen LogP contribution in [0.15, 0.2) is 24.3 Å². The van der Waals surface area contributed by atoms with E-state index in [9.17, 15) is 4.79 Å². The molecule has 20 heavy (non-hydrogen) atoms. The van der Waals surface area contributed by atoms with Gasteiger partial charge >= 0.3 is 6.03 Å². The number of ether oxygens (including phenoxy) is 1. The maximum Gasteiger partial charge on any atom is 0.319 e. The van der Waals surface area contributed by atoms with E-state index in [1.165, 1.54) is 0 Å². The second-order valence-electron chi connectivity index (χ2n) is 5.35. The molecule has 0 atom stereocenters. The van der Waals surface area contributed by atoms with Crippen molar-refractivity contribution in [3.63, 3.8) is 0 Å². The third-order valence-electron chi connectivity index (χ3n) is 3.77. The Morgan fingerprint density at radius 3 is 2.80 bits per heavy atom. The first kappa shape index (κ1) is 14.7. The predicted octanol–water partition coefficient (Wildman–Crippen LogP) is 2.33. The molecule has 0 unspecified atom stereocenters. The highest BCUT2D eigenvalue weighted by molar-refractivity contribution is 5.89. The molecule has 0 aliphatic heterocycles. The van der Waals surface area contributed by atoms with E-state index in [4.69, 9.17) is 10.5 Å². The number of carbonyl (C=O) groups is 1. The van der Waals surface area contributed by atoms with E-state index in [1.807, 2.05) is 18.2 Å². The van der Waals surface area contributed by atoms with Gasteiger partial charge in [-0.25, -0.2) is 4.79 Å². The highest BCUT2D eigenvalue weighted by atomic mass is 16.5. The highest BCUT2D eigenvalue weighted by Gasteiger charge is 2.18. The predicted molar refractivity (Wildman–Crippen MR) is 79.9 cm³/mol. The summed E-state index contributed by atoms with van der Waals surface area (Å²) in [5, 5.41) is 5.73. The van der Waals surface area contributed by atoms with Crippen LogP contribution in [-0.2, 0) is 0 Å². The lowest BCUT2D eigenvalue weighted by Crippen LogP contribution is -2.36. The number of nitrogens with two attached hydrogens (primary N) is 1. The van der Waals surface area contributed by atoms with E-state index < -0.39 is 0 Å². The summed E-state index contributed by atoms with van der Waals surface area (Å²) in [6.07, 6.45) is 4.31. The molecule has 1 aliphatic carbocycles. The van der Waals surface area contributed by atoms with Crippen LogP contribution in [0.3, 0.4) is 0 Å². The Hall–Kier alpha value is -1.75. The number of anilines is 1. The fraction of sp³-hybridized carbons (Fsp3) is 0.533. The fourth-order valence-electron chi connectivity index (χ4n) is 2.51. The third kappa shape index (κ3) is 4.42. The minimum absolute atomic E-state index is 0.173. The van der Waals surface area contributed by atoms with Crippen molar-refractivity contribution in [2.45, 2.75) is 31.7 Å². The Bertz CT molecular complexity index is 442. The van der Waals surface area contributed by atoms with Crippen molar-refractivity contribution in [3.05, 3.63) is 24.3 Å². The Morgan fingerprint density at radius 2 is 2.10 bits per heavy atom. The molecule has 1 aliphatic rings. The molecule has 0 radical (unpaired) electrons. The molecular formula is C15H23N3O2. The largest absolute Gasteiger partial charge is 0.497 e. The summed E-state index contributed by atoms with van der Waals surface area (Å²) in [4.78, 5) is 11.8. The number of amides is 2. The Balaban J connectivity index is 1.74. The Kier molecular flexibility index (Phi) is 5.24. The molecule has 0 aromatic heterocycles. The van der Waals surface area contributed by atoms with Crippen LogP contribution in [0.5, 0.6) is 5.75 Å². The van der Waals surface area contributed by atoms with Crippen LogP contribution in [0.25, 0.3) is 0 Å². The molecule has 1 aromatic carbocycles. The number of urea groups is 1. The van der Waals surface area contributed by atoms with Gasteiger partial charge < -0.3 is 21.1 Å². The van der Waals surface area contributed by atoms with E-state index in [1.54, 1.807) is 13.2 Å². The lowest BCUT2D eigenvalue weighted by molar-refractivity contribution is 0.246. The molecule has 1 aromatic rings. The zero-order valence-corrected chi connectivity index (χ0v) is 11.9. The summed E-state index contributed by atoms with van der Waals surface area (Å²) in [7, 11) is 1.60. The maximum absolute atomic E-state index is 11.8. The minimum atomic E-state index is -0.173. The number of hydrogen-bond donors (Lipinski definition) is 3. The number of benzene rings is 1. The molecule has 4 N–H and O–H groups in total. The van der Waals surface area contributed by atoms with Crippen molar-refractivity contribution in [2.24, 2.45) is 11.7 Å². The summed E-state index contributed by atoms with van der Waals surface area (Å²) in [5.41, 5.74) is 6.60. The van der Waals surface area contributed by atoms with Gasteiger partial charge in [-0.05, 0) is 43.7 Å². The van der Waals surface area contributed by atoms with Crippen LogP contribution < -0.4 is 21.1 Å². The fourth-order valence-corrected chi connectivity index (χ4v) is 2.51. The maximum atomic E-state index is 11.8. The number of hydrogen-bond acceptors (Lipinski definition) is 3. The van der Waals surface area contributed by atoms with Gasteiger partial charge in [0.25, 0.3) is 0 Å². The van der Waals surface area contributed by atoms with E-state index in [-0.39, 0.29) is 6.03 Å². The zero-order valence-electron chi connectivity index (χ0n) is 11.9. The van der Waals surface area contributed by atoms with Crippen molar-refractivity contribution in [1.29, 1.82) is 0 Å². The first-order valence-electron chi connectivity index (χ1n) is 7.12. The smallest absolute Gasteiger partial charge is 0.319 e. The average Bonchev–Trinajstić information content (AvgIpc) is 2.47. The molecule has 2 amide bonds. The second kappa shape index (κ2) is 7.14. The van der Waals surface area contributed by atoms with E-state index >= 15 is 0 Å². The molecule has 0 saturated heterocycles. The van der Waals surface area contributed by atoms with Gasteiger partial charge in [0.15, 0.2) is 0 Å². The normalized spacial score (nSPS) is 22.1. The molecule has 0 heterocycles. The number of carbonyl (C=O) groups excluding carboxylic acids is 1. The van der Waals surface area contributed by atoms with Gasteiger partial charge in [0.2, 0.25) is 0 Å². The van der Waals surface area contributed by atoms with E-state index in [2.05, 4.69) is 10.6 Å². The van der Waals surface area contributed by atoms with E-state index in [0.717, 1.165) is 37.1 Å². The van der Waals surface area contributed by atoms with Crippen molar-refractivity contribution in [1.82, 2.24) is 5.32 Å². The molecule has 2 rings (SSSR count). The van der Waals surface area contributed by atoms with Gasteiger partial charge in [-0.2, -0.15) is 0 Å². The van der Waals surface area contributed by atoms with Crippen LogP contribution in [-0.4, -0.2) is 25.7 Å². The van der Waals surface area contributed by atoms with Crippen LogP contribution in [0.4, 0.5) is 10.5 Å². The molecule has 1 saturated carbocycles. The summed E-state index contributed by atoms with van der Waals surface area (Å²) in [6.45, 7) is 0.711. The first-order chi connectivity index (χ1) is 9.67. The zero-order chi connectivity index (χ0) is 14.4. The van der Waals surface area contributed by atoms with Gasteiger partial charge in [0.1, 0.15) is 5.75 Å². The van der Waals surface area contributed by atoms with Crippen LogP contribution in [0.2, 0.25) is 0 Å². The Labute approximate surface area is 119 Å². The van der Waals surface area contributed by atoms with Crippen molar-refractivity contribution in [3.8, 4) is 5.75 Å². The topological polar surface area (TPSA) is 76.4 Å². The molecule has 1 fully saturated rings. The monoisotopic (exact) mass is 277 g/mol. The Morgan fingerprint density at radius 1 is 1.35 bits per heavy atom. The number of rotatable bonds is 4. The SMILES string of the molecule is COc1cccc(NC(=O)NCC2CCC(N)CC2)c1. The van der Waals surface area contributed by atoms with Crippen LogP contribution in [0.1, 0.15) is 25.7 Å². The van der Waals surface area contributed by atoms with Crippen molar-refractivity contribution in [2.75, 3.05) is 19.0 Å². The van der Waals surface area contributed by atoms with Crippen LogP contribution in [0, 0.1) is 5.92 Å². The van der Waals surface area contributed by atoms with Gasteiger partial charge in [0, 0.05) is 24.3 Å². The minimum Gasteiger partial charge on any atom is -0.497 e. The summed E-state index contributed by atoms with van der Waals surface area (Å²) in [5.74, 6) is 1.27. The van der Waals surface area contributed by atoms with Crippen molar-refractivity contribution < 1.29 is 9.53 Å². The van der Waals surface area contributed by atoms with Crippen LogP contribution >= 0.6 is 0 Å². The average molecular weight is 277 g/mol. The first-order valence-corrected chi connectivity index (χ1v) is 7.12. The third-order valence-corrected chi connectivity index (χ3v) is 3.77. The molecule has 0 spiro atoms. The van der Waals surface area contributed by atoms with Gasteiger partial charge in [-0.3, -0.25) is 0 Å². The molecule has 5 heteroatoms. The van der Waals surface area contributed by atoms with Gasteiger partial charge in [-0.15, -0.1) is 0 Å². The van der Waals surface area contributed by atoms with Gasteiger partial charge in [-0.1, -0.05) is 6.07 Å². The molecule has 5 nitrogen and oxygen atoms in total. The lowest BCUT2D eigenvalue weighted by Gasteiger charge is -2.26. The lowest BCUT2D eigenvalue weighted by atomic mass is 9.86. The quantitative estimate of drug-likeness (QED) is 0.790. The second-order valence-corrected chi connectivity index (χ2v) is 5.35. The summed E-state index contributed by atoms with van der Waals surface area (Å²) < 4.78 is 5.12. The number of methoxy groups -OCH3 is 1. The molecular weight excluding hydrogens is 254 g/mol. The van der Waals surface area contributed by atoms with E-state index in [0.29, 0.717) is 18.5 Å². The standard InChI is InChI=1S/C15H23N3O2/c1-20-14-4-2-3-13(9-14)18-15(19)17-10-11-5-7-12(16)8-6-11/h2-4,9,11-12H,5-8,10,16H2,1H3,(H2,17,18,19). The summed E-state index contributed by atoms with van der Waals surface area (Å²) >= 11 is 0. The highest BCUT2D eigenvalue weighted by Crippen LogP contribution is 2.22. The van der Waals surface area contributed by atoms with Crippen molar-refractivity contribution >= 4 is 11.7 Å². The molecule has 0 bridgehead atoms. The number of nitrogens with one attached hydrogen (secondary N) is 2. The molecule has 110 valence electrons.